The van der Waals surface area contributed by atoms with E-state index in [9.17, 15) is 4.79 Å². The fraction of sp³-hybridized carbons (Fsp3) is 0.588. The maximum atomic E-state index is 11.8. The molecule has 3 aliphatic rings. The van der Waals surface area contributed by atoms with Gasteiger partial charge >= 0.3 is 6.16 Å². The first kappa shape index (κ1) is 13.1. The SMILES string of the molecule is O=C(OCc1ccccc1)O[C@H]1C[C@H]2[C@H]3CC[C@H](C3)[C@H]2N1. The number of hydrogen-bond acceptors (Lipinski definition) is 4. The van der Waals surface area contributed by atoms with Crippen molar-refractivity contribution in [3.63, 3.8) is 0 Å². The van der Waals surface area contributed by atoms with E-state index in [-0.39, 0.29) is 12.8 Å². The van der Waals surface area contributed by atoms with Crippen LogP contribution in [0, 0.1) is 17.8 Å². The Morgan fingerprint density at radius 3 is 2.76 bits per heavy atom. The second kappa shape index (κ2) is 5.34. The van der Waals surface area contributed by atoms with Crippen molar-refractivity contribution in [3.8, 4) is 0 Å². The Bertz CT molecular complexity index is 500. The third-order valence-corrected chi connectivity index (χ3v) is 5.39. The Labute approximate surface area is 124 Å². The third-order valence-electron chi connectivity index (χ3n) is 5.39. The Balaban J connectivity index is 1.26. The number of carbonyl (C=O) groups is 1. The summed E-state index contributed by atoms with van der Waals surface area (Å²) in [5, 5.41) is 3.49. The minimum atomic E-state index is -0.566. The van der Waals surface area contributed by atoms with E-state index >= 15 is 0 Å². The van der Waals surface area contributed by atoms with Crippen LogP contribution >= 0.6 is 0 Å². The largest absolute Gasteiger partial charge is 0.510 e. The Morgan fingerprint density at radius 1 is 1.14 bits per heavy atom. The van der Waals surface area contributed by atoms with Crippen LogP contribution in [-0.4, -0.2) is 18.4 Å². The van der Waals surface area contributed by atoms with Crippen LogP contribution in [0.4, 0.5) is 4.79 Å². The maximum absolute atomic E-state index is 11.8. The molecule has 0 aromatic heterocycles. The van der Waals surface area contributed by atoms with Crippen molar-refractivity contribution < 1.29 is 14.3 Å². The average molecular weight is 287 g/mol. The summed E-state index contributed by atoms with van der Waals surface area (Å²) in [4.78, 5) is 11.8. The molecule has 2 aliphatic carbocycles. The Hall–Kier alpha value is -1.55. The summed E-state index contributed by atoms with van der Waals surface area (Å²) in [5.74, 6) is 2.35. The van der Waals surface area contributed by atoms with Crippen molar-refractivity contribution in [2.75, 3.05) is 0 Å². The highest BCUT2D eigenvalue weighted by molar-refractivity contribution is 5.60. The fourth-order valence-electron chi connectivity index (χ4n) is 4.49. The fourth-order valence-corrected chi connectivity index (χ4v) is 4.49. The third kappa shape index (κ3) is 2.53. The first-order valence-corrected chi connectivity index (χ1v) is 7.93. The van der Waals surface area contributed by atoms with Crippen molar-refractivity contribution in [1.82, 2.24) is 5.32 Å². The number of carbonyl (C=O) groups excluding carboxylic acids is 1. The molecule has 1 saturated heterocycles. The molecule has 21 heavy (non-hydrogen) atoms. The van der Waals surface area contributed by atoms with E-state index in [0.717, 1.165) is 23.8 Å². The summed E-state index contributed by atoms with van der Waals surface area (Å²) in [7, 11) is 0. The molecule has 4 heteroatoms. The van der Waals surface area contributed by atoms with E-state index < -0.39 is 6.16 Å². The molecule has 4 nitrogen and oxygen atoms in total. The lowest BCUT2D eigenvalue weighted by Gasteiger charge is -2.23. The van der Waals surface area contributed by atoms with Gasteiger partial charge in [0.1, 0.15) is 6.61 Å². The normalized spacial score (nSPS) is 36.5. The number of nitrogens with one attached hydrogen (secondary N) is 1. The number of hydrogen-bond donors (Lipinski definition) is 1. The van der Waals surface area contributed by atoms with Gasteiger partial charge in [-0.3, -0.25) is 5.32 Å². The molecule has 0 unspecified atom stereocenters. The second-order valence-electron chi connectivity index (χ2n) is 6.56. The molecule has 1 aromatic carbocycles. The minimum Gasteiger partial charge on any atom is -0.429 e. The van der Waals surface area contributed by atoms with Crippen LogP contribution in [0.3, 0.4) is 0 Å². The van der Waals surface area contributed by atoms with Gasteiger partial charge in [0.25, 0.3) is 0 Å². The molecule has 3 fully saturated rings. The van der Waals surface area contributed by atoms with Gasteiger partial charge in [0.2, 0.25) is 0 Å². The quantitative estimate of drug-likeness (QED) is 0.868. The molecule has 4 rings (SSSR count). The van der Waals surface area contributed by atoms with E-state index in [1.54, 1.807) is 0 Å². The zero-order chi connectivity index (χ0) is 14.2. The van der Waals surface area contributed by atoms with Gasteiger partial charge in [0.15, 0.2) is 6.23 Å². The highest BCUT2D eigenvalue weighted by atomic mass is 16.7. The topological polar surface area (TPSA) is 47.6 Å². The van der Waals surface area contributed by atoms with Gasteiger partial charge in [-0.2, -0.15) is 0 Å². The van der Waals surface area contributed by atoms with Gasteiger partial charge < -0.3 is 9.47 Å². The van der Waals surface area contributed by atoms with Gasteiger partial charge in [-0.15, -0.1) is 0 Å². The molecule has 0 spiro atoms. The van der Waals surface area contributed by atoms with Crippen LogP contribution in [-0.2, 0) is 16.1 Å². The second-order valence-corrected chi connectivity index (χ2v) is 6.56. The lowest BCUT2D eigenvalue weighted by Crippen LogP contribution is -2.37. The Kier molecular flexibility index (Phi) is 3.34. The van der Waals surface area contributed by atoms with Crippen molar-refractivity contribution in [2.24, 2.45) is 17.8 Å². The van der Waals surface area contributed by atoms with E-state index in [0.29, 0.717) is 12.0 Å². The summed E-state index contributed by atoms with van der Waals surface area (Å²) < 4.78 is 10.6. The average Bonchev–Trinajstić information content (AvgIpc) is 3.18. The molecule has 2 saturated carbocycles. The zero-order valence-corrected chi connectivity index (χ0v) is 12.0. The van der Waals surface area contributed by atoms with Gasteiger partial charge in [-0.25, -0.2) is 4.79 Å². The summed E-state index contributed by atoms with van der Waals surface area (Å²) in [5.41, 5.74) is 0.976. The van der Waals surface area contributed by atoms with Crippen LogP contribution < -0.4 is 5.32 Å². The summed E-state index contributed by atoms with van der Waals surface area (Å²) in [6, 6.07) is 10.2. The summed E-state index contributed by atoms with van der Waals surface area (Å²) in [6.07, 6.45) is 4.29. The van der Waals surface area contributed by atoms with Crippen LogP contribution in [0.1, 0.15) is 31.2 Å². The van der Waals surface area contributed by atoms with Crippen molar-refractivity contribution in [2.45, 2.75) is 44.6 Å². The molecule has 1 aromatic rings. The zero-order valence-electron chi connectivity index (χ0n) is 12.0. The predicted molar refractivity (Wildman–Crippen MR) is 77.4 cm³/mol. The van der Waals surface area contributed by atoms with E-state index in [2.05, 4.69) is 5.32 Å². The highest BCUT2D eigenvalue weighted by Crippen LogP contribution is 2.52. The highest BCUT2D eigenvalue weighted by Gasteiger charge is 2.52. The van der Waals surface area contributed by atoms with Gasteiger partial charge in [0.05, 0.1) is 0 Å². The number of fused-ring (bicyclic) bond motifs is 5. The lowest BCUT2D eigenvalue weighted by molar-refractivity contribution is 0.0106. The maximum Gasteiger partial charge on any atom is 0.510 e. The monoisotopic (exact) mass is 287 g/mol. The van der Waals surface area contributed by atoms with Crippen LogP contribution in [0.5, 0.6) is 0 Å². The molecule has 0 amide bonds. The molecule has 2 bridgehead atoms. The van der Waals surface area contributed by atoms with E-state index in [1.807, 2.05) is 30.3 Å². The predicted octanol–water partition coefficient (Wildman–Crippen LogP) is 3.07. The van der Waals surface area contributed by atoms with Crippen LogP contribution in [0.2, 0.25) is 0 Å². The first-order chi connectivity index (χ1) is 10.3. The van der Waals surface area contributed by atoms with Crippen LogP contribution in [0.25, 0.3) is 0 Å². The van der Waals surface area contributed by atoms with Crippen molar-refractivity contribution in [3.05, 3.63) is 35.9 Å². The van der Waals surface area contributed by atoms with Gasteiger partial charge in [-0.05, 0) is 42.6 Å². The minimum absolute atomic E-state index is 0.160. The van der Waals surface area contributed by atoms with E-state index in [1.165, 1.54) is 19.3 Å². The summed E-state index contributed by atoms with van der Waals surface area (Å²) in [6.45, 7) is 0.268. The molecular weight excluding hydrogens is 266 g/mol. The Morgan fingerprint density at radius 2 is 1.95 bits per heavy atom. The molecule has 1 heterocycles. The smallest absolute Gasteiger partial charge is 0.429 e. The van der Waals surface area contributed by atoms with Crippen molar-refractivity contribution in [1.29, 1.82) is 0 Å². The molecule has 1 aliphatic heterocycles. The van der Waals surface area contributed by atoms with Crippen molar-refractivity contribution >= 4 is 6.16 Å². The number of ether oxygens (including phenoxy) is 2. The standard InChI is InChI=1S/C17H21NO3/c19-17(20-10-11-4-2-1-3-5-11)21-15-9-14-12-6-7-13(8-12)16(14)18-15/h1-5,12-16,18H,6-10H2/t12-,13+,14-,15-,16+/m0/s1. The first-order valence-electron chi connectivity index (χ1n) is 7.93. The molecular formula is C17H21NO3. The van der Waals surface area contributed by atoms with Gasteiger partial charge in [0, 0.05) is 12.5 Å². The number of rotatable bonds is 3. The van der Waals surface area contributed by atoms with Gasteiger partial charge in [-0.1, -0.05) is 30.3 Å². The molecule has 0 radical (unpaired) electrons. The lowest BCUT2D eigenvalue weighted by atomic mass is 9.85. The molecule has 112 valence electrons. The molecule has 5 atom stereocenters. The molecule has 1 N–H and O–H groups in total. The van der Waals surface area contributed by atoms with E-state index in [4.69, 9.17) is 9.47 Å². The number of benzene rings is 1. The summed E-state index contributed by atoms with van der Waals surface area (Å²) >= 11 is 0. The van der Waals surface area contributed by atoms with Crippen LogP contribution in [0.15, 0.2) is 30.3 Å².